The van der Waals surface area contributed by atoms with E-state index in [4.69, 9.17) is 5.73 Å². The molecule has 5 nitrogen and oxygen atoms in total. The van der Waals surface area contributed by atoms with Crippen LogP contribution in [0.3, 0.4) is 0 Å². The molecule has 1 aromatic rings. The second-order valence-electron chi connectivity index (χ2n) is 5.63. The number of hydrogen-bond acceptors (Lipinski definition) is 5. The van der Waals surface area contributed by atoms with Crippen molar-refractivity contribution < 1.29 is 4.39 Å². The van der Waals surface area contributed by atoms with Gasteiger partial charge in [-0.2, -0.15) is 0 Å². The maximum Gasteiger partial charge on any atom is 0.186 e. The fraction of sp³-hybridized carbons (Fsp3) is 0.733. The van der Waals surface area contributed by atoms with Crippen LogP contribution in [-0.2, 0) is 0 Å². The zero-order valence-electron chi connectivity index (χ0n) is 12.9. The molecule has 1 fully saturated rings. The molecule has 0 aliphatic carbocycles. The van der Waals surface area contributed by atoms with Crippen LogP contribution >= 0.6 is 0 Å². The third-order valence-electron chi connectivity index (χ3n) is 4.01. The van der Waals surface area contributed by atoms with Gasteiger partial charge >= 0.3 is 0 Å². The molecule has 0 saturated carbocycles. The quantitative estimate of drug-likeness (QED) is 0.807. The van der Waals surface area contributed by atoms with Crippen molar-refractivity contribution in [2.45, 2.75) is 32.6 Å². The van der Waals surface area contributed by atoms with Gasteiger partial charge in [-0.3, -0.25) is 0 Å². The SMILES string of the molecule is Cc1ncnc(N2CCCN(CCCCCN)CC2)c1F. The normalized spacial score (nSPS) is 17.0. The average Bonchev–Trinajstić information content (AvgIpc) is 2.72. The smallest absolute Gasteiger partial charge is 0.186 e. The van der Waals surface area contributed by atoms with Crippen LogP contribution in [0, 0.1) is 12.7 Å². The Morgan fingerprint density at radius 3 is 2.81 bits per heavy atom. The summed E-state index contributed by atoms with van der Waals surface area (Å²) in [5, 5.41) is 0. The molecule has 2 rings (SSSR count). The summed E-state index contributed by atoms with van der Waals surface area (Å²) in [5.41, 5.74) is 5.93. The van der Waals surface area contributed by atoms with Gasteiger partial charge in [0.05, 0.1) is 5.69 Å². The number of halogens is 1. The minimum Gasteiger partial charge on any atom is -0.353 e. The molecule has 6 heteroatoms. The molecule has 2 heterocycles. The van der Waals surface area contributed by atoms with Crippen molar-refractivity contribution in [3.8, 4) is 0 Å². The maximum atomic E-state index is 14.1. The first-order valence-electron chi connectivity index (χ1n) is 7.87. The lowest BCUT2D eigenvalue weighted by molar-refractivity contribution is 0.286. The van der Waals surface area contributed by atoms with Crippen LogP contribution in [-0.4, -0.2) is 54.1 Å². The highest BCUT2D eigenvalue weighted by atomic mass is 19.1. The zero-order valence-corrected chi connectivity index (χ0v) is 12.9. The van der Waals surface area contributed by atoms with Gasteiger partial charge in [0.15, 0.2) is 11.6 Å². The number of aromatic nitrogens is 2. The number of unbranched alkanes of at least 4 members (excludes halogenated alkanes) is 2. The minimum absolute atomic E-state index is 0.283. The molecule has 0 atom stereocenters. The van der Waals surface area contributed by atoms with Gasteiger partial charge in [0.25, 0.3) is 0 Å². The van der Waals surface area contributed by atoms with Crippen LogP contribution in [0.2, 0.25) is 0 Å². The van der Waals surface area contributed by atoms with Crippen molar-refractivity contribution in [3.05, 3.63) is 17.8 Å². The molecule has 1 aromatic heterocycles. The summed E-state index contributed by atoms with van der Waals surface area (Å²) in [6.07, 6.45) is 5.97. The molecule has 1 saturated heterocycles. The molecule has 0 spiro atoms. The number of nitrogens with zero attached hydrogens (tertiary/aromatic N) is 4. The van der Waals surface area contributed by atoms with Gasteiger partial charge in [0, 0.05) is 19.6 Å². The molecular formula is C15H26FN5. The summed E-state index contributed by atoms with van der Waals surface area (Å²) < 4.78 is 14.1. The van der Waals surface area contributed by atoms with Crippen molar-refractivity contribution in [1.29, 1.82) is 0 Å². The predicted octanol–water partition coefficient (Wildman–Crippen LogP) is 1.57. The highest BCUT2D eigenvalue weighted by molar-refractivity contribution is 5.40. The van der Waals surface area contributed by atoms with Crippen LogP contribution in [0.4, 0.5) is 10.2 Å². The lowest BCUT2D eigenvalue weighted by atomic mass is 10.2. The highest BCUT2D eigenvalue weighted by Crippen LogP contribution is 2.19. The zero-order chi connectivity index (χ0) is 15.1. The van der Waals surface area contributed by atoms with Crippen molar-refractivity contribution in [1.82, 2.24) is 14.9 Å². The molecule has 0 aromatic carbocycles. The lowest BCUT2D eigenvalue weighted by Crippen LogP contribution is -2.32. The van der Waals surface area contributed by atoms with E-state index in [-0.39, 0.29) is 5.82 Å². The van der Waals surface area contributed by atoms with Crippen LogP contribution in [0.25, 0.3) is 0 Å². The molecule has 0 unspecified atom stereocenters. The summed E-state index contributed by atoms with van der Waals surface area (Å²) in [5.74, 6) is 0.168. The molecular weight excluding hydrogens is 269 g/mol. The molecule has 21 heavy (non-hydrogen) atoms. The van der Waals surface area contributed by atoms with Crippen molar-refractivity contribution in [3.63, 3.8) is 0 Å². The Morgan fingerprint density at radius 1 is 1.14 bits per heavy atom. The second-order valence-corrected chi connectivity index (χ2v) is 5.63. The molecule has 0 radical (unpaired) electrons. The van der Waals surface area contributed by atoms with Gasteiger partial charge in [-0.1, -0.05) is 6.42 Å². The molecule has 1 aliphatic heterocycles. The number of hydrogen-bond donors (Lipinski definition) is 1. The Bertz CT molecular complexity index is 440. The fourth-order valence-corrected chi connectivity index (χ4v) is 2.73. The largest absolute Gasteiger partial charge is 0.353 e. The van der Waals surface area contributed by atoms with E-state index >= 15 is 0 Å². The van der Waals surface area contributed by atoms with Gasteiger partial charge in [-0.15, -0.1) is 0 Å². The van der Waals surface area contributed by atoms with Crippen molar-refractivity contribution in [2.24, 2.45) is 5.73 Å². The van der Waals surface area contributed by atoms with Crippen molar-refractivity contribution >= 4 is 5.82 Å². The minimum atomic E-state index is -0.283. The third kappa shape index (κ3) is 4.61. The van der Waals surface area contributed by atoms with Crippen LogP contribution in [0.1, 0.15) is 31.4 Å². The average molecular weight is 295 g/mol. The van der Waals surface area contributed by atoms with E-state index in [1.54, 1.807) is 6.92 Å². The molecule has 2 N–H and O–H groups in total. The van der Waals surface area contributed by atoms with Crippen LogP contribution in [0.15, 0.2) is 6.33 Å². The Labute approximate surface area is 126 Å². The van der Waals surface area contributed by atoms with E-state index in [1.165, 1.54) is 19.2 Å². The van der Waals surface area contributed by atoms with Gasteiger partial charge < -0.3 is 15.5 Å². The van der Waals surface area contributed by atoms with E-state index in [0.29, 0.717) is 11.5 Å². The summed E-state index contributed by atoms with van der Waals surface area (Å²) in [7, 11) is 0. The monoisotopic (exact) mass is 295 g/mol. The van der Waals surface area contributed by atoms with E-state index < -0.39 is 0 Å². The van der Waals surface area contributed by atoms with Gasteiger partial charge in [-0.25, -0.2) is 14.4 Å². The van der Waals surface area contributed by atoms with E-state index in [2.05, 4.69) is 14.9 Å². The molecule has 118 valence electrons. The Morgan fingerprint density at radius 2 is 2.00 bits per heavy atom. The van der Waals surface area contributed by atoms with E-state index in [9.17, 15) is 4.39 Å². The predicted molar refractivity (Wildman–Crippen MR) is 82.9 cm³/mol. The first kappa shape index (κ1) is 16.1. The summed E-state index contributed by atoms with van der Waals surface area (Å²) >= 11 is 0. The van der Waals surface area contributed by atoms with E-state index in [0.717, 1.165) is 52.1 Å². The maximum absolute atomic E-state index is 14.1. The van der Waals surface area contributed by atoms with Crippen LogP contribution < -0.4 is 10.6 Å². The summed E-state index contributed by atoms with van der Waals surface area (Å²) in [4.78, 5) is 12.5. The number of anilines is 1. The number of aryl methyl sites for hydroxylation is 1. The number of nitrogens with two attached hydrogens (primary N) is 1. The Balaban J connectivity index is 1.87. The van der Waals surface area contributed by atoms with E-state index in [1.807, 2.05) is 4.90 Å². The highest BCUT2D eigenvalue weighted by Gasteiger charge is 2.19. The first-order chi connectivity index (χ1) is 10.2. The van der Waals surface area contributed by atoms with Gasteiger partial charge in [0.2, 0.25) is 0 Å². The second kappa shape index (κ2) is 8.24. The first-order valence-corrected chi connectivity index (χ1v) is 7.87. The fourth-order valence-electron chi connectivity index (χ4n) is 2.73. The van der Waals surface area contributed by atoms with Gasteiger partial charge in [-0.05, 0) is 45.8 Å². The Hall–Kier alpha value is -1.27. The van der Waals surface area contributed by atoms with Crippen LogP contribution in [0.5, 0.6) is 0 Å². The molecule has 0 amide bonds. The summed E-state index contributed by atoms with van der Waals surface area (Å²) in [6, 6.07) is 0. The van der Waals surface area contributed by atoms with Gasteiger partial charge in [0.1, 0.15) is 6.33 Å². The topological polar surface area (TPSA) is 58.3 Å². The Kier molecular flexibility index (Phi) is 6.32. The lowest BCUT2D eigenvalue weighted by Gasteiger charge is -2.23. The van der Waals surface area contributed by atoms with Crippen molar-refractivity contribution in [2.75, 3.05) is 44.2 Å². The molecule has 1 aliphatic rings. The standard InChI is InChI=1S/C15H26FN5/c1-13-14(16)15(19-12-18-13)21-9-5-8-20(10-11-21)7-4-2-3-6-17/h12H,2-11,17H2,1H3. The summed E-state index contributed by atoms with van der Waals surface area (Å²) in [6.45, 7) is 7.29. The third-order valence-corrected chi connectivity index (χ3v) is 4.01. The molecule has 0 bridgehead atoms. The number of rotatable bonds is 6.